The Balaban J connectivity index is 1.11. The molecule has 2 atom stereocenters. The van der Waals surface area contributed by atoms with Gasteiger partial charge in [-0.1, -0.05) is 18.0 Å². The second kappa shape index (κ2) is 12.9. The molecule has 3 N–H and O–H groups in total. The molecule has 0 saturated carbocycles. The molecule has 2 bridgehead atoms. The molecule has 0 spiro atoms. The van der Waals surface area contributed by atoms with Gasteiger partial charge in [-0.25, -0.2) is 0 Å². The third-order valence-corrected chi connectivity index (χ3v) is 7.84. The summed E-state index contributed by atoms with van der Waals surface area (Å²) in [6, 6.07) is 3.07. The maximum absolute atomic E-state index is 12.7. The van der Waals surface area contributed by atoms with Crippen LogP contribution in [0.3, 0.4) is 0 Å². The quantitative estimate of drug-likeness (QED) is 0.259. The summed E-state index contributed by atoms with van der Waals surface area (Å²) in [5.74, 6) is 0.618. The smallest absolute Gasteiger partial charge is 0.306 e. The van der Waals surface area contributed by atoms with Gasteiger partial charge in [0.05, 0.1) is 36.1 Å². The fourth-order valence-corrected chi connectivity index (χ4v) is 5.54. The molecule has 0 aromatic heterocycles. The van der Waals surface area contributed by atoms with E-state index in [1.54, 1.807) is 6.07 Å². The van der Waals surface area contributed by atoms with Crippen molar-refractivity contribution in [2.45, 2.75) is 50.7 Å². The SMILES string of the molecule is COc1cc(N)c(Cl)cc1C(=O)NC[C@@H]1CN(CCCCCC(=O)OC2CN3CCC2CC3)CCO1. The molecule has 0 radical (unpaired) electrons. The van der Waals surface area contributed by atoms with Crippen molar-refractivity contribution < 1.29 is 23.8 Å². The van der Waals surface area contributed by atoms with Crippen molar-refractivity contribution in [3.05, 3.63) is 22.7 Å². The highest BCUT2D eigenvalue weighted by atomic mass is 35.5. The molecule has 9 nitrogen and oxygen atoms in total. The number of methoxy groups -OCH3 is 1. The highest BCUT2D eigenvalue weighted by Gasteiger charge is 2.36. The van der Waals surface area contributed by atoms with Crippen LogP contribution in [0.25, 0.3) is 0 Å². The Morgan fingerprint density at radius 3 is 2.69 bits per heavy atom. The molecular weight excluding hydrogens is 484 g/mol. The summed E-state index contributed by atoms with van der Waals surface area (Å²) in [7, 11) is 1.49. The lowest BCUT2D eigenvalue weighted by atomic mass is 9.86. The topological polar surface area (TPSA) is 106 Å². The summed E-state index contributed by atoms with van der Waals surface area (Å²) >= 11 is 6.08. The van der Waals surface area contributed by atoms with E-state index in [1.165, 1.54) is 13.2 Å². The Morgan fingerprint density at radius 2 is 1.97 bits per heavy atom. The fraction of sp³-hybridized carbons (Fsp3) is 0.692. The second-order valence-corrected chi connectivity index (χ2v) is 10.5. The van der Waals surface area contributed by atoms with E-state index in [-0.39, 0.29) is 24.1 Å². The van der Waals surface area contributed by atoms with Gasteiger partial charge in [0, 0.05) is 38.7 Å². The number of nitrogens with one attached hydrogen (secondary N) is 1. The standard InChI is InChI=1S/C26H39ClN4O5/c1-34-23-14-22(28)21(27)13-20(23)26(33)29-15-19-16-30(11-12-35-19)8-4-2-3-5-25(32)36-24-17-31-9-6-18(24)7-10-31/h13-14,18-19,24H,2-12,15-17,28H2,1H3,(H,29,33)/t19-,24?/m1/s1. The van der Waals surface area contributed by atoms with Gasteiger partial charge in [0.15, 0.2) is 0 Å². The summed E-state index contributed by atoms with van der Waals surface area (Å²) in [5.41, 5.74) is 6.51. The van der Waals surface area contributed by atoms with Crippen LogP contribution >= 0.6 is 11.6 Å². The van der Waals surface area contributed by atoms with Gasteiger partial charge in [0.1, 0.15) is 11.9 Å². The van der Waals surface area contributed by atoms with E-state index in [1.807, 2.05) is 0 Å². The summed E-state index contributed by atoms with van der Waals surface area (Å²) in [6.07, 6.45) is 5.70. The Bertz CT molecular complexity index is 909. The van der Waals surface area contributed by atoms with Gasteiger partial charge in [-0.15, -0.1) is 0 Å². The molecule has 10 heteroatoms. The van der Waals surface area contributed by atoms with Crippen LogP contribution in [0.5, 0.6) is 5.75 Å². The largest absolute Gasteiger partial charge is 0.496 e. The average molecular weight is 523 g/mol. The highest BCUT2D eigenvalue weighted by Crippen LogP contribution is 2.30. The number of carbonyl (C=O) groups excluding carboxylic acids is 2. The van der Waals surface area contributed by atoms with Crippen LogP contribution < -0.4 is 15.8 Å². The summed E-state index contributed by atoms with van der Waals surface area (Å²) in [6.45, 7) is 6.81. The number of rotatable bonds is 11. The number of anilines is 1. The average Bonchev–Trinajstić information content (AvgIpc) is 2.89. The van der Waals surface area contributed by atoms with Gasteiger partial charge in [-0.05, 0) is 57.3 Å². The summed E-state index contributed by atoms with van der Waals surface area (Å²) in [5, 5.41) is 3.23. The zero-order valence-corrected chi connectivity index (χ0v) is 21.9. The number of esters is 1. The normalized spacial score (nSPS) is 25.9. The Hall–Kier alpha value is -2.07. The molecule has 5 rings (SSSR count). The van der Waals surface area contributed by atoms with Crippen molar-refractivity contribution in [3.8, 4) is 5.75 Å². The second-order valence-electron chi connectivity index (χ2n) is 10.1. The molecule has 36 heavy (non-hydrogen) atoms. The lowest BCUT2D eigenvalue weighted by molar-refractivity contribution is -0.158. The van der Waals surface area contributed by atoms with Gasteiger partial charge in [0.25, 0.3) is 5.91 Å². The zero-order valence-electron chi connectivity index (χ0n) is 21.2. The third-order valence-electron chi connectivity index (χ3n) is 7.51. The predicted molar refractivity (Wildman–Crippen MR) is 138 cm³/mol. The molecule has 4 aliphatic rings. The Morgan fingerprint density at radius 1 is 1.17 bits per heavy atom. The van der Waals surface area contributed by atoms with Gasteiger partial charge < -0.3 is 25.3 Å². The summed E-state index contributed by atoms with van der Waals surface area (Å²) < 4.78 is 16.9. The van der Waals surface area contributed by atoms with E-state index in [0.717, 1.165) is 71.4 Å². The van der Waals surface area contributed by atoms with E-state index < -0.39 is 0 Å². The van der Waals surface area contributed by atoms with Crippen LogP contribution in [0.2, 0.25) is 5.02 Å². The lowest BCUT2D eigenvalue weighted by Crippen LogP contribution is -2.51. The first kappa shape index (κ1) is 27.0. The Labute approximate surface area is 218 Å². The predicted octanol–water partition coefficient (Wildman–Crippen LogP) is 2.56. The molecule has 1 aromatic rings. The van der Waals surface area contributed by atoms with Crippen molar-refractivity contribution in [2.24, 2.45) is 5.92 Å². The molecule has 4 aliphatic heterocycles. The summed E-state index contributed by atoms with van der Waals surface area (Å²) in [4.78, 5) is 29.7. The number of amides is 1. The first-order valence-electron chi connectivity index (χ1n) is 13.1. The minimum absolute atomic E-state index is 0.0463. The Kier molecular flexibility index (Phi) is 9.70. The number of ether oxygens (including phenoxy) is 3. The number of nitrogen functional groups attached to an aromatic ring is 1. The molecule has 0 aliphatic carbocycles. The van der Waals surface area contributed by atoms with Gasteiger partial charge >= 0.3 is 5.97 Å². The number of morpholine rings is 1. The van der Waals surface area contributed by atoms with Crippen LogP contribution in [-0.2, 0) is 14.3 Å². The number of hydrogen-bond acceptors (Lipinski definition) is 8. The monoisotopic (exact) mass is 522 g/mol. The number of carbonyl (C=O) groups is 2. The first-order valence-corrected chi connectivity index (χ1v) is 13.5. The van der Waals surface area contributed by atoms with E-state index in [4.69, 9.17) is 31.5 Å². The lowest BCUT2D eigenvalue weighted by Gasteiger charge is -2.43. The van der Waals surface area contributed by atoms with Crippen LogP contribution in [-0.4, -0.2) is 93.4 Å². The van der Waals surface area contributed by atoms with E-state index in [0.29, 0.717) is 47.5 Å². The van der Waals surface area contributed by atoms with Crippen LogP contribution in [0.4, 0.5) is 5.69 Å². The maximum atomic E-state index is 12.7. The van der Waals surface area contributed by atoms with Crippen LogP contribution in [0.1, 0.15) is 48.9 Å². The van der Waals surface area contributed by atoms with Gasteiger partial charge in [0.2, 0.25) is 0 Å². The molecule has 1 amide bonds. The molecule has 4 fully saturated rings. The van der Waals surface area contributed by atoms with Crippen molar-refractivity contribution >= 4 is 29.2 Å². The van der Waals surface area contributed by atoms with Gasteiger partial charge in [-0.3, -0.25) is 19.4 Å². The number of fused-ring (bicyclic) bond motifs is 3. The van der Waals surface area contributed by atoms with Crippen molar-refractivity contribution in [1.82, 2.24) is 15.1 Å². The fourth-order valence-electron chi connectivity index (χ4n) is 5.38. The molecular formula is C26H39ClN4O5. The number of hydrogen-bond donors (Lipinski definition) is 2. The van der Waals surface area contributed by atoms with Crippen molar-refractivity contribution in [1.29, 1.82) is 0 Å². The number of halogens is 1. The maximum Gasteiger partial charge on any atom is 0.306 e. The molecule has 4 heterocycles. The van der Waals surface area contributed by atoms with E-state index in [9.17, 15) is 9.59 Å². The first-order chi connectivity index (χ1) is 17.4. The number of benzene rings is 1. The van der Waals surface area contributed by atoms with E-state index >= 15 is 0 Å². The molecule has 200 valence electrons. The van der Waals surface area contributed by atoms with Crippen molar-refractivity contribution in [2.75, 3.05) is 65.3 Å². The molecule has 4 saturated heterocycles. The number of piperidine rings is 3. The molecule has 1 unspecified atom stereocenters. The van der Waals surface area contributed by atoms with Crippen LogP contribution in [0, 0.1) is 5.92 Å². The van der Waals surface area contributed by atoms with Crippen LogP contribution in [0.15, 0.2) is 12.1 Å². The van der Waals surface area contributed by atoms with Gasteiger partial charge in [-0.2, -0.15) is 0 Å². The minimum atomic E-state index is -0.278. The minimum Gasteiger partial charge on any atom is -0.496 e. The van der Waals surface area contributed by atoms with E-state index in [2.05, 4.69) is 15.1 Å². The zero-order chi connectivity index (χ0) is 25.5. The third kappa shape index (κ3) is 7.25. The number of nitrogens with two attached hydrogens (primary N) is 1. The number of unbranched alkanes of at least 4 members (excludes halogenated alkanes) is 2. The highest BCUT2D eigenvalue weighted by molar-refractivity contribution is 6.33. The molecule has 1 aromatic carbocycles. The number of nitrogens with zero attached hydrogens (tertiary/aromatic N) is 2. The van der Waals surface area contributed by atoms with Crippen molar-refractivity contribution in [3.63, 3.8) is 0 Å².